The second kappa shape index (κ2) is 5.16. The molecule has 0 radical (unpaired) electrons. The van der Waals surface area contributed by atoms with Crippen molar-refractivity contribution in [3.8, 4) is 11.3 Å². The molecule has 1 N–H and O–H groups in total. The number of hydrogen-bond acceptors (Lipinski definition) is 2. The predicted molar refractivity (Wildman–Crippen MR) is 78.5 cm³/mol. The molecule has 100 valence electrons. The summed E-state index contributed by atoms with van der Waals surface area (Å²) in [6.07, 6.45) is 4.59. The molecule has 1 heterocycles. The molecule has 1 fully saturated rings. The third-order valence-corrected chi connectivity index (χ3v) is 3.80. The van der Waals surface area contributed by atoms with Gasteiger partial charge >= 0.3 is 0 Å². The molecule has 0 unspecified atom stereocenters. The van der Waals surface area contributed by atoms with Crippen molar-refractivity contribution in [2.75, 3.05) is 0 Å². The molecule has 1 aromatic heterocycles. The van der Waals surface area contributed by atoms with Crippen molar-refractivity contribution >= 4 is 23.2 Å². The molecule has 0 bridgehead atoms. The van der Waals surface area contributed by atoms with Crippen LogP contribution < -0.4 is 5.32 Å². The van der Waals surface area contributed by atoms with Crippen LogP contribution in [0.4, 0.5) is 0 Å². The van der Waals surface area contributed by atoms with Crippen molar-refractivity contribution in [1.82, 2.24) is 15.1 Å². The van der Waals surface area contributed by atoms with Crippen LogP contribution in [0.2, 0.25) is 10.0 Å². The lowest BCUT2D eigenvalue weighted by Crippen LogP contribution is -2.15. The van der Waals surface area contributed by atoms with E-state index >= 15 is 0 Å². The van der Waals surface area contributed by atoms with Gasteiger partial charge in [0.15, 0.2) is 0 Å². The second-order valence-electron chi connectivity index (χ2n) is 4.96. The Balaban J connectivity index is 1.93. The molecular weight excluding hydrogens is 281 g/mol. The van der Waals surface area contributed by atoms with Crippen molar-refractivity contribution in [2.45, 2.75) is 25.4 Å². The largest absolute Gasteiger partial charge is 0.310 e. The quantitative estimate of drug-likeness (QED) is 0.933. The van der Waals surface area contributed by atoms with Gasteiger partial charge < -0.3 is 5.32 Å². The van der Waals surface area contributed by atoms with Gasteiger partial charge in [-0.15, -0.1) is 0 Å². The number of nitrogens with zero attached hydrogens (tertiary/aromatic N) is 2. The lowest BCUT2D eigenvalue weighted by atomic mass is 10.1. The number of nitrogens with one attached hydrogen (secondary N) is 1. The van der Waals surface area contributed by atoms with Gasteiger partial charge in [-0.3, -0.25) is 4.68 Å². The van der Waals surface area contributed by atoms with E-state index in [4.69, 9.17) is 23.2 Å². The lowest BCUT2D eigenvalue weighted by molar-refractivity contribution is 0.687. The molecule has 3 rings (SSSR count). The first-order valence-electron chi connectivity index (χ1n) is 6.35. The van der Waals surface area contributed by atoms with Gasteiger partial charge in [-0.2, -0.15) is 5.10 Å². The maximum absolute atomic E-state index is 6.27. The van der Waals surface area contributed by atoms with E-state index in [2.05, 4.69) is 10.4 Å². The van der Waals surface area contributed by atoms with Crippen LogP contribution in [0.15, 0.2) is 24.4 Å². The van der Waals surface area contributed by atoms with Crippen molar-refractivity contribution < 1.29 is 0 Å². The molecule has 0 spiro atoms. The van der Waals surface area contributed by atoms with Crippen molar-refractivity contribution in [2.24, 2.45) is 7.05 Å². The summed E-state index contributed by atoms with van der Waals surface area (Å²) in [7, 11) is 1.92. The maximum Gasteiger partial charge on any atom is 0.0982 e. The minimum Gasteiger partial charge on any atom is -0.310 e. The number of halogens is 2. The molecule has 1 aliphatic carbocycles. The van der Waals surface area contributed by atoms with Crippen LogP contribution in [-0.4, -0.2) is 15.8 Å². The standard InChI is InChI=1S/C14H15Cl2N3/c1-19-8-9(7-17-11-3-4-11)14(18-19)12-5-2-10(15)6-13(12)16/h2,5-6,8,11,17H,3-4,7H2,1H3. The van der Waals surface area contributed by atoms with Gasteiger partial charge in [0.1, 0.15) is 0 Å². The number of rotatable bonds is 4. The van der Waals surface area contributed by atoms with E-state index in [1.165, 1.54) is 18.4 Å². The van der Waals surface area contributed by atoms with E-state index in [0.29, 0.717) is 16.1 Å². The van der Waals surface area contributed by atoms with Crippen LogP contribution in [-0.2, 0) is 13.6 Å². The Labute approximate surface area is 122 Å². The number of benzene rings is 1. The van der Waals surface area contributed by atoms with Crippen LogP contribution in [0, 0.1) is 0 Å². The van der Waals surface area contributed by atoms with E-state index in [0.717, 1.165) is 17.8 Å². The van der Waals surface area contributed by atoms with Gasteiger partial charge in [-0.25, -0.2) is 0 Å². The minimum atomic E-state index is 0.638. The summed E-state index contributed by atoms with van der Waals surface area (Å²) in [6.45, 7) is 0.826. The molecular formula is C14H15Cl2N3. The monoisotopic (exact) mass is 295 g/mol. The molecule has 1 saturated carbocycles. The first-order valence-corrected chi connectivity index (χ1v) is 7.10. The topological polar surface area (TPSA) is 29.9 Å². The lowest BCUT2D eigenvalue weighted by Gasteiger charge is -2.06. The highest BCUT2D eigenvalue weighted by molar-refractivity contribution is 6.36. The Hall–Kier alpha value is -1.03. The molecule has 2 aromatic rings. The van der Waals surface area contributed by atoms with Gasteiger partial charge in [0.2, 0.25) is 0 Å². The molecule has 0 atom stereocenters. The Bertz CT molecular complexity index is 603. The Morgan fingerprint density at radius 2 is 2.16 bits per heavy atom. The van der Waals surface area contributed by atoms with Gasteiger partial charge in [0.25, 0.3) is 0 Å². The average molecular weight is 296 g/mol. The van der Waals surface area contributed by atoms with E-state index in [9.17, 15) is 0 Å². The van der Waals surface area contributed by atoms with Crippen LogP contribution in [0.5, 0.6) is 0 Å². The first kappa shape index (κ1) is 13.0. The summed E-state index contributed by atoms with van der Waals surface area (Å²) in [4.78, 5) is 0. The van der Waals surface area contributed by atoms with Crippen molar-refractivity contribution in [1.29, 1.82) is 0 Å². The summed E-state index contributed by atoms with van der Waals surface area (Å²) < 4.78 is 1.82. The van der Waals surface area contributed by atoms with Crippen LogP contribution in [0.25, 0.3) is 11.3 Å². The van der Waals surface area contributed by atoms with Crippen LogP contribution >= 0.6 is 23.2 Å². The smallest absolute Gasteiger partial charge is 0.0982 e. The molecule has 0 amide bonds. The maximum atomic E-state index is 6.27. The SMILES string of the molecule is Cn1cc(CNC2CC2)c(-c2ccc(Cl)cc2Cl)n1. The van der Waals surface area contributed by atoms with Gasteiger partial charge in [-0.1, -0.05) is 23.2 Å². The van der Waals surface area contributed by atoms with Crippen molar-refractivity contribution in [3.05, 3.63) is 40.0 Å². The van der Waals surface area contributed by atoms with Gasteiger partial charge in [0.05, 0.1) is 10.7 Å². The molecule has 1 aliphatic rings. The third kappa shape index (κ3) is 2.94. The van der Waals surface area contributed by atoms with E-state index in [1.54, 1.807) is 6.07 Å². The zero-order valence-corrected chi connectivity index (χ0v) is 12.2. The Morgan fingerprint density at radius 1 is 1.37 bits per heavy atom. The zero-order valence-electron chi connectivity index (χ0n) is 10.7. The Morgan fingerprint density at radius 3 is 2.84 bits per heavy atom. The molecule has 1 aromatic carbocycles. The van der Waals surface area contributed by atoms with Crippen LogP contribution in [0.1, 0.15) is 18.4 Å². The summed E-state index contributed by atoms with van der Waals surface area (Å²) in [6, 6.07) is 6.20. The zero-order chi connectivity index (χ0) is 13.4. The summed E-state index contributed by atoms with van der Waals surface area (Å²) in [5, 5.41) is 9.30. The normalized spacial score (nSPS) is 14.9. The summed E-state index contributed by atoms with van der Waals surface area (Å²) in [5.41, 5.74) is 3.02. The van der Waals surface area contributed by atoms with Gasteiger partial charge in [-0.05, 0) is 31.0 Å². The Kier molecular flexibility index (Phi) is 3.52. The van der Waals surface area contributed by atoms with Crippen LogP contribution in [0.3, 0.4) is 0 Å². The highest BCUT2D eigenvalue weighted by Crippen LogP contribution is 2.31. The fourth-order valence-electron chi connectivity index (χ4n) is 2.12. The number of aromatic nitrogens is 2. The molecule has 19 heavy (non-hydrogen) atoms. The first-order chi connectivity index (χ1) is 9.13. The van der Waals surface area contributed by atoms with E-state index in [-0.39, 0.29) is 0 Å². The average Bonchev–Trinajstić information content (AvgIpc) is 3.10. The molecule has 5 heteroatoms. The molecule has 0 saturated heterocycles. The van der Waals surface area contributed by atoms with Gasteiger partial charge in [0, 0.05) is 42.0 Å². The summed E-state index contributed by atoms with van der Waals surface area (Å²) in [5.74, 6) is 0. The number of aryl methyl sites for hydroxylation is 1. The predicted octanol–water partition coefficient (Wildman–Crippen LogP) is 3.65. The van der Waals surface area contributed by atoms with E-state index < -0.39 is 0 Å². The van der Waals surface area contributed by atoms with E-state index in [1.807, 2.05) is 30.1 Å². The minimum absolute atomic E-state index is 0.638. The fourth-order valence-corrected chi connectivity index (χ4v) is 2.61. The molecule has 0 aliphatic heterocycles. The summed E-state index contributed by atoms with van der Waals surface area (Å²) >= 11 is 12.2. The highest BCUT2D eigenvalue weighted by Gasteiger charge is 2.21. The highest BCUT2D eigenvalue weighted by atomic mass is 35.5. The number of hydrogen-bond donors (Lipinski definition) is 1. The second-order valence-corrected chi connectivity index (χ2v) is 5.80. The van der Waals surface area contributed by atoms with Crippen molar-refractivity contribution in [3.63, 3.8) is 0 Å². The fraction of sp³-hybridized carbons (Fsp3) is 0.357. The molecule has 3 nitrogen and oxygen atoms in total. The third-order valence-electron chi connectivity index (χ3n) is 3.25.